The van der Waals surface area contributed by atoms with E-state index in [0.29, 0.717) is 43.7 Å². The maximum atomic E-state index is 12.5. The minimum absolute atomic E-state index is 0.0483. The van der Waals surface area contributed by atoms with Gasteiger partial charge < -0.3 is 19.4 Å². The van der Waals surface area contributed by atoms with Crippen LogP contribution in [0.5, 0.6) is 0 Å². The molecule has 1 aromatic rings. The molecule has 0 bridgehead atoms. The number of likely N-dealkylation sites (tertiary alicyclic amines) is 2. The number of carbonyl (C=O) groups excluding carboxylic acids is 2. The van der Waals surface area contributed by atoms with Crippen molar-refractivity contribution in [1.82, 2.24) is 20.1 Å². The van der Waals surface area contributed by atoms with Crippen LogP contribution in [-0.2, 0) is 9.53 Å². The third-order valence-corrected chi connectivity index (χ3v) is 5.64. The lowest BCUT2D eigenvalue weighted by molar-refractivity contribution is -0.127. The Morgan fingerprint density at radius 1 is 1.30 bits per heavy atom. The second kappa shape index (κ2) is 9.32. The van der Waals surface area contributed by atoms with Gasteiger partial charge >= 0.3 is 0 Å². The standard InChI is InChI=1S/C19H30N4O4/c1-14-17(27-13-21-14)19(25)22-9-5-16(6-10-22)23-8-3-4-15(12-23)18(24)20-7-11-26-2/h13,15-16H,3-12H2,1-2H3,(H,20,24)/t15-/m0/s1. The smallest absolute Gasteiger partial charge is 0.291 e. The molecule has 8 heteroatoms. The third kappa shape index (κ3) is 4.87. The van der Waals surface area contributed by atoms with Crippen molar-refractivity contribution in [2.24, 2.45) is 5.92 Å². The molecule has 0 aliphatic carbocycles. The zero-order chi connectivity index (χ0) is 19.2. The van der Waals surface area contributed by atoms with Crippen molar-refractivity contribution in [1.29, 1.82) is 0 Å². The van der Waals surface area contributed by atoms with Crippen molar-refractivity contribution in [3.8, 4) is 0 Å². The van der Waals surface area contributed by atoms with E-state index < -0.39 is 0 Å². The average molecular weight is 378 g/mol. The Hall–Kier alpha value is -1.93. The number of nitrogens with zero attached hydrogens (tertiary/aromatic N) is 3. The lowest BCUT2D eigenvalue weighted by atomic mass is 9.93. The van der Waals surface area contributed by atoms with Crippen molar-refractivity contribution in [3.63, 3.8) is 0 Å². The van der Waals surface area contributed by atoms with Gasteiger partial charge in [0.15, 0.2) is 6.39 Å². The average Bonchev–Trinajstić information content (AvgIpc) is 3.13. The number of nitrogens with one attached hydrogen (secondary N) is 1. The lowest BCUT2D eigenvalue weighted by Gasteiger charge is -2.41. The first-order valence-electron chi connectivity index (χ1n) is 9.80. The zero-order valence-corrected chi connectivity index (χ0v) is 16.3. The van der Waals surface area contributed by atoms with Gasteiger partial charge in [-0.25, -0.2) is 4.98 Å². The summed E-state index contributed by atoms with van der Waals surface area (Å²) in [7, 11) is 1.63. The summed E-state index contributed by atoms with van der Waals surface area (Å²) in [5.74, 6) is 0.453. The fourth-order valence-corrected chi connectivity index (χ4v) is 4.06. The zero-order valence-electron chi connectivity index (χ0n) is 16.3. The Balaban J connectivity index is 1.48. The van der Waals surface area contributed by atoms with Crippen molar-refractivity contribution in [3.05, 3.63) is 17.8 Å². The van der Waals surface area contributed by atoms with Gasteiger partial charge in [0.25, 0.3) is 5.91 Å². The predicted octanol–water partition coefficient (Wildman–Crippen LogP) is 1.06. The monoisotopic (exact) mass is 378 g/mol. The van der Waals surface area contributed by atoms with Gasteiger partial charge in [0, 0.05) is 39.3 Å². The fraction of sp³-hybridized carbons (Fsp3) is 0.737. The molecule has 1 atom stereocenters. The number of amides is 2. The van der Waals surface area contributed by atoms with E-state index in [1.807, 2.05) is 4.90 Å². The molecular weight excluding hydrogens is 348 g/mol. The molecule has 0 saturated carbocycles. The first-order chi connectivity index (χ1) is 13.1. The molecule has 0 unspecified atom stereocenters. The van der Waals surface area contributed by atoms with E-state index in [9.17, 15) is 9.59 Å². The summed E-state index contributed by atoms with van der Waals surface area (Å²) >= 11 is 0. The third-order valence-electron chi connectivity index (χ3n) is 5.64. The highest BCUT2D eigenvalue weighted by Gasteiger charge is 2.33. The number of hydrogen-bond acceptors (Lipinski definition) is 6. The molecule has 2 aliphatic rings. The van der Waals surface area contributed by atoms with E-state index in [4.69, 9.17) is 9.15 Å². The van der Waals surface area contributed by atoms with Crippen molar-refractivity contribution in [2.45, 2.75) is 38.6 Å². The first-order valence-corrected chi connectivity index (χ1v) is 9.80. The van der Waals surface area contributed by atoms with E-state index >= 15 is 0 Å². The maximum absolute atomic E-state index is 12.5. The molecule has 1 aromatic heterocycles. The number of piperidine rings is 2. The van der Waals surface area contributed by atoms with Gasteiger partial charge in [-0.05, 0) is 39.2 Å². The van der Waals surface area contributed by atoms with Crippen molar-refractivity contribution < 1.29 is 18.7 Å². The normalized spacial score (nSPS) is 22.0. The summed E-state index contributed by atoms with van der Waals surface area (Å²) in [5, 5.41) is 2.96. The molecule has 150 valence electrons. The number of aromatic nitrogens is 1. The molecule has 2 amide bonds. The van der Waals surface area contributed by atoms with Gasteiger partial charge in [0.2, 0.25) is 11.7 Å². The number of rotatable bonds is 6. The molecule has 3 heterocycles. The number of methoxy groups -OCH3 is 1. The number of aryl methyl sites for hydroxylation is 1. The van der Waals surface area contributed by atoms with Crippen LogP contribution in [-0.4, -0.2) is 79.1 Å². The lowest BCUT2D eigenvalue weighted by Crippen LogP contribution is -2.51. The Bertz CT molecular complexity index is 639. The van der Waals surface area contributed by atoms with Gasteiger partial charge in [-0.3, -0.25) is 14.5 Å². The first kappa shape index (κ1) is 19.8. The Kier molecular flexibility index (Phi) is 6.84. The maximum Gasteiger partial charge on any atom is 0.291 e. The largest absolute Gasteiger partial charge is 0.438 e. The molecule has 8 nitrogen and oxygen atoms in total. The second-order valence-electron chi connectivity index (χ2n) is 7.41. The molecular formula is C19H30N4O4. The summed E-state index contributed by atoms with van der Waals surface area (Å²) in [6, 6.07) is 0.430. The molecule has 3 rings (SSSR count). The summed E-state index contributed by atoms with van der Waals surface area (Å²) in [6.07, 6.45) is 5.16. The van der Waals surface area contributed by atoms with Gasteiger partial charge in [0.05, 0.1) is 18.2 Å². The van der Waals surface area contributed by atoms with Crippen LogP contribution in [0.2, 0.25) is 0 Å². The highest BCUT2D eigenvalue weighted by molar-refractivity contribution is 5.92. The van der Waals surface area contributed by atoms with Crippen LogP contribution in [0, 0.1) is 12.8 Å². The molecule has 2 fully saturated rings. The van der Waals surface area contributed by atoms with Crippen LogP contribution < -0.4 is 5.32 Å². The number of oxazole rings is 1. The molecule has 0 aromatic carbocycles. The van der Waals surface area contributed by atoms with Crippen LogP contribution in [0.25, 0.3) is 0 Å². The molecule has 0 radical (unpaired) electrons. The molecule has 0 spiro atoms. The Labute approximate surface area is 160 Å². The van der Waals surface area contributed by atoms with E-state index in [-0.39, 0.29) is 17.7 Å². The summed E-state index contributed by atoms with van der Waals surface area (Å²) in [5.41, 5.74) is 0.639. The van der Waals surface area contributed by atoms with Crippen LogP contribution in [0.4, 0.5) is 0 Å². The topological polar surface area (TPSA) is 87.9 Å². The van der Waals surface area contributed by atoms with Gasteiger partial charge in [-0.2, -0.15) is 0 Å². The Morgan fingerprint density at radius 3 is 2.74 bits per heavy atom. The summed E-state index contributed by atoms with van der Waals surface area (Å²) < 4.78 is 10.2. The van der Waals surface area contributed by atoms with E-state index in [1.165, 1.54) is 6.39 Å². The number of carbonyl (C=O) groups is 2. The highest BCUT2D eigenvalue weighted by atomic mass is 16.5. The number of hydrogen-bond donors (Lipinski definition) is 1. The van der Waals surface area contributed by atoms with Gasteiger partial charge in [-0.15, -0.1) is 0 Å². The van der Waals surface area contributed by atoms with Gasteiger partial charge in [-0.1, -0.05) is 0 Å². The van der Waals surface area contributed by atoms with Gasteiger partial charge in [0.1, 0.15) is 0 Å². The molecule has 1 N–H and O–H groups in total. The number of ether oxygens (including phenoxy) is 1. The molecule has 2 aliphatic heterocycles. The van der Waals surface area contributed by atoms with Crippen LogP contribution in [0.15, 0.2) is 10.8 Å². The minimum Gasteiger partial charge on any atom is -0.438 e. The molecule has 27 heavy (non-hydrogen) atoms. The highest BCUT2D eigenvalue weighted by Crippen LogP contribution is 2.25. The quantitative estimate of drug-likeness (QED) is 0.745. The molecule has 2 saturated heterocycles. The van der Waals surface area contributed by atoms with Crippen LogP contribution >= 0.6 is 0 Å². The van der Waals surface area contributed by atoms with Crippen LogP contribution in [0.1, 0.15) is 41.9 Å². The second-order valence-corrected chi connectivity index (χ2v) is 7.41. The van der Waals surface area contributed by atoms with E-state index in [1.54, 1.807) is 14.0 Å². The van der Waals surface area contributed by atoms with Crippen molar-refractivity contribution >= 4 is 11.8 Å². The Morgan fingerprint density at radius 2 is 2.07 bits per heavy atom. The van der Waals surface area contributed by atoms with Crippen LogP contribution in [0.3, 0.4) is 0 Å². The fourth-order valence-electron chi connectivity index (χ4n) is 4.06. The van der Waals surface area contributed by atoms with E-state index in [2.05, 4.69) is 15.2 Å². The van der Waals surface area contributed by atoms with Crippen molar-refractivity contribution in [2.75, 3.05) is 46.4 Å². The predicted molar refractivity (Wildman–Crippen MR) is 99.3 cm³/mol. The van der Waals surface area contributed by atoms with E-state index in [0.717, 1.165) is 38.8 Å². The SMILES string of the molecule is COCCNC(=O)[C@H]1CCCN(C2CCN(C(=O)c3ocnc3C)CC2)C1. The summed E-state index contributed by atoms with van der Waals surface area (Å²) in [6.45, 7) is 6.15. The summed E-state index contributed by atoms with van der Waals surface area (Å²) in [4.78, 5) is 33.2. The minimum atomic E-state index is -0.0718.